The summed E-state index contributed by atoms with van der Waals surface area (Å²) in [5, 5.41) is 9.85. The van der Waals surface area contributed by atoms with Crippen LogP contribution in [-0.2, 0) is 6.54 Å². The summed E-state index contributed by atoms with van der Waals surface area (Å²) in [6, 6.07) is 11.0. The Morgan fingerprint density at radius 2 is 2.12 bits per heavy atom. The maximum absolute atomic E-state index is 8.55. The molecule has 2 heteroatoms. The maximum atomic E-state index is 8.55. The molecule has 1 heterocycles. The molecule has 2 aromatic rings. The fraction of sp³-hybridized carbons (Fsp3) is 0.400. The molecule has 0 atom stereocenters. The van der Waals surface area contributed by atoms with Crippen LogP contribution in [-0.4, -0.2) is 4.57 Å². The van der Waals surface area contributed by atoms with Crippen molar-refractivity contribution in [2.75, 3.05) is 0 Å². The van der Waals surface area contributed by atoms with E-state index in [1.165, 1.54) is 16.5 Å². The molecule has 0 saturated carbocycles. The van der Waals surface area contributed by atoms with Crippen molar-refractivity contribution in [2.24, 2.45) is 0 Å². The number of hydrogen-bond acceptors (Lipinski definition) is 1. The molecule has 0 amide bonds. The fourth-order valence-electron chi connectivity index (χ4n) is 2.10. The number of unbranched alkanes of at least 4 members (excludes halogenated alkanes) is 1. The zero-order valence-corrected chi connectivity index (χ0v) is 10.5. The van der Waals surface area contributed by atoms with Crippen LogP contribution in [0.4, 0.5) is 0 Å². The Labute approximate surface area is 102 Å². The van der Waals surface area contributed by atoms with E-state index in [2.05, 4.69) is 54.9 Å². The molecule has 0 spiro atoms. The first kappa shape index (κ1) is 11.7. The predicted molar refractivity (Wildman–Crippen MR) is 70.9 cm³/mol. The number of benzene rings is 1. The Kier molecular flexibility index (Phi) is 3.49. The van der Waals surface area contributed by atoms with E-state index in [4.69, 9.17) is 5.26 Å². The molecular weight excluding hydrogens is 208 g/mol. The van der Waals surface area contributed by atoms with Crippen molar-refractivity contribution in [3.05, 3.63) is 36.0 Å². The summed E-state index contributed by atoms with van der Waals surface area (Å²) < 4.78 is 2.23. The molecule has 0 N–H and O–H groups in total. The highest BCUT2D eigenvalue weighted by Crippen LogP contribution is 2.22. The van der Waals surface area contributed by atoms with Gasteiger partial charge in [-0.1, -0.05) is 19.9 Å². The Morgan fingerprint density at radius 1 is 1.29 bits per heavy atom. The summed E-state index contributed by atoms with van der Waals surface area (Å²) in [7, 11) is 0. The number of aryl methyl sites for hydroxylation is 1. The summed E-state index contributed by atoms with van der Waals surface area (Å²) in [6.07, 6.45) is 3.67. The molecule has 0 saturated heterocycles. The standard InChI is InChI=1S/C15H18N2/c1-12(2)13-5-6-15-14(11-13)7-10-17(15)9-4-3-8-16/h5-7,10-12H,3-4,9H2,1-2H3. The molecule has 2 rings (SSSR count). The first-order chi connectivity index (χ1) is 8.22. The molecule has 0 bridgehead atoms. The van der Waals surface area contributed by atoms with Gasteiger partial charge in [-0.15, -0.1) is 0 Å². The predicted octanol–water partition coefficient (Wildman–Crippen LogP) is 4.07. The molecule has 88 valence electrons. The lowest BCUT2D eigenvalue weighted by atomic mass is 10.0. The molecule has 1 aromatic heterocycles. The quantitative estimate of drug-likeness (QED) is 0.722. The number of nitrogens with zero attached hydrogens (tertiary/aromatic N) is 2. The van der Waals surface area contributed by atoms with Crippen LogP contribution in [0.15, 0.2) is 30.5 Å². The number of aromatic nitrogens is 1. The lowest BCUT2D eigenvalue weighted by Crippen LogP contribution is -1.95. The summed E-state index contributed by atoms with van der Waals surface area (Å²) in [5.74, 6) is 0.571. The summed E-state index contributed by atoms with van der Waals surface area (Å²) in [5.41, 5.74) is 2.65. The van der Waals surface area contributed by atoms with Crippen LogP contribution >= 0.6 is 0 Å². The van der Waals surface area contributed by atoms with Gasteiger partial charge >= 0.3 is 0 Å². The fourth-order valence-corrected chi connectivity index (χ4v) is 2.10. The second-order valence-electron chi connectivity index (χ2n) is 4.74. The molecule has 0 aliphatic rings. The van der Waals surface area contributed by atoms with E-state index in [-0.39, 0.29) is 0 Å². The highest BCUT2D eigenvalue weighted by molar-refractivity contribution is 5.81. The van der Waals surface area contributed by atoms with Gasteiger partial charge in [-0.3, -0.25) is 0 Å². The van der Waals surface area contributed by atoms with Crippen molar-refractivity contribution >= 4 is 10.9 Å². The summed E-state index contributed by atoms with van der Waals surface area (Å²) in [6.45, 7) is 5.36. The Hall–Kier alpha value is -1.75. The lowest BCUT2D eigenvalue weighted by Gasteiger charge is -2.07. The molecule has 1 aromatic carbocycles. The monoisotopic (exact) mass is 226 g/mol. The minimum atomic E-state index is 0.571. The van der Waals surface area contributed by atoms with Crippen molar-refractivity contribution in [1.82, 2.24) is 4.57 Å². The maximum Gasteiger partial charge on any atom is 0.0622 e. The third kappa shape index (κ3) is 2.50. The molecular formula is C15H18N2. The molecule has 0 aliphatic carbocycles. The van der Waals surface area contributed by atoms with Crippen molar-refractivity contribution in [3.63, 3.8) is 0 Å². The topological polar surface area (TPSA) is 28.7 Å². The van der Waals surface area contributed by atoms with E-state index in [0.29, 0.717) is 12.3 Å². The van der Waals surface area contributed by atoms with E-state index in [1.54, 1.807) is 0 Å². The third-order valence-corrected chi connectivity index (χ3v) is 3.15. The first-order valence-corrected chi connectivity index (χ1v) is 6.18. The molecule has 0 fully saturated rings. The smallest absolute Gasteiger partial charge is 0.0622 e. The summed E-state index contributed by atoms with van der Waals surface area (Å²) >= 11 is 0. The van der Waals surface area contributed by atoms with Gasteiger partial charge in [0.1, 0.15) is 0 Å². The van der Waals surface area contributed by atoms with Gasteiger partial charge in [-0.2, -0.15) is 5.26 Å². The molecule has 0 radical (unpaired) electrons. The molecule has 17 heavy (non-hydrogen) atoms. The average Bonchev–Trinajstić information content (AvgIpc) is 2.72. The van der Waals surface area contributed by atoms with Crippen molar-refractivity contribution in [1.29, 1.82) is 5.26 Å². The molecule has 2 nitrogen and oxygen atoms in total. The molecule has 0 unspecified atom stereocenters. The van der Waals surface area contributed by atoms with Gasteiger partial charge in [0.25, 0.3) is 0 Å². The van der Waals surface area contributed by atoms with E-state index < -0.39 is 0 Å². The van der Waals surface area contributed by atoms with Gasteiger partial charge in [-0.05, 0) is 41.5 Å². The average molecular weight is 226 g/mol. The highest BCUT2D eigenvalue weighted by atomic mass is 14.9. The minimum Gasteiger partial charge on any atom is -0.347 e. The van der Waals surface area contributed by atoms with Gasteiger partial charge in [0, 0.05) is 24.7 Å². The Morgan fingerprint density at radius 3 is 2.82 bits per heavy atom. The van der Waals surface area contributed by atoms with E-state index in [1.807, 2.05) is 0 Å². The second-order valence-corrected chi connectivity index (χ2v) is 4.74. The van der Waals surface area contributed by atoms with Crippen LogP contribution in [0.3, 0.4) is 0 Å². The van der Waals surface area contributed by atoms with Crippen LogP contribution in [0, 0.1) is 11.3 Å². The largest absolute Gasteiger partial charge is 0.347 e. The van der Waals surface area contributed by atoms with Crippen molar-refractivity contribution in [2.45, 2.75) is 39.2 Å². The zero-order chi connectivity index (χ0) is 12.3. The van der Waals surface area contributed by atoms with Gasteiger partial charge in [-0.25, -0.2) is 0 Å². The van der Waals surface area contributed by atoms with Crippen molar-refractivity contribution < 1.29 is 0 Å². The lowest BCUT2D eigenvalue weighted by molar-refractivity contribution is 0.674. The van der Waals surface area contributed by atoms with E-state index in [9.17, 15) is 0 Å². The number of rotatable bonds is 4. The molecule has 0 aliphatic heterocycles. The normalized spacial score (nSPS) is 10.9. The van der Waals surface area contributed by atoms with Gasteiger partial charge in [0.05, 0.1) is 6.07 Å². The highest BCUT2D eigenvalue weighted by Gasteiger charge is 2.04. The third-order valence-electron chi connectivity index (χ3n) is 3.15. The van der Waals surface area contributed by atoms with Gasteiger partial charge in [0.15, 0.2) is 0 Å². The number of nitriles is 1. The second kappa shape index (κ2) is 5.05. The van der Waals surface area contributed by atoms with Crippen LogP contribution in [0.25, 0.3) is 10.9 Å². The van der Waals surface area contributed by atoms with Crippen LogP contribution in [0.2, 0.25) is 0 Å². The zero-order valence-electron chi connectivity index (χ0n) is 10.5. The van der Waals surface area contributed by atoms with Crippen LogP contribution in [0.1, 0.15) is 38.2 Å². The number of fused-ring (bicyclic) bond motifs is 1. The van der Waals surface area contributed by atoms with Crippen molar-refractivity contribution in [3.8, 4) is 6.07 Å². The summed E-state index contributed by atoms with van der Waals surface area (Å²) in [4.78, 5) is 0. The van der Waals surface area contributed by atoms with E-state index >= 15 is 0 Å². The van der Waals surface area contributed by atoms with Crippen LogP contribution in [0.5, 0.6) is 0 Å². The Balaban J connectivity index is 2.26. The van der Waals surface area contributed by atoms with E-state index in [0.717, 1.165) is 13.0 Å². The number of hydrogen-bond donors (Lipinski definition) is 0. The minimum absolute atomic E-state index is 0.571. The van der Waals surface area contributed by atoms with Crippen LogP contribution < -0.4 is 0 Å². The van der Waals surface area contributed by atoms with Gasteiger partial charge < -0.3 is 4.57 Å². The Bertz CT molecular complexity index is 544. The van der Waals surface area contributed by atoms with Gasteiger partial charge in [0.2, 0.25) is 0 Å². The first-order valence-electron chi connectivity index (χ1n) is 6.18. The SMILES string of the molecule is CC(C)c1ccc2c(ccn2CCCC#N)c1.